The van der Waals surface area contributed by atoms with Gasteiger partial charge in [-0.25, -0.2) is 8.42 Å². The zero-order valence-electron chi connectivity index (χ0n) is 15.6. The molecule has 0 aliphatic carbocycles. The molecule has 0 heterocycles. The summed E-state index contributed by atoms with van der Waals surface area (Å²) in [6, 6.07) is 9.02. The minimum atomic E-state index is -3.63. The Kier molecular flexibility index (Phi) is 5.98. The fraction of sp³-hybridized carbons (Fsp3) is 0.316. The first kappa shape index (κ1) is 20.3. The molecule has 1 amide bonds. The fourth-order valence-corrected chi connectivity index (χ4v) is 4.05. The molecular weight excluding hydrogens is 372 g/mol. The molecule has 5 nitrogen and oxygen atoms in total. The van der Waals surface area contributed by atoms with Gasteiger partial charge < -0.3 is 5.32 Å². The molecule has 0 aliphatic rings. The Morgan fingerprint density at radius 2 is 1.77 bits per heavy atom. The number of anilines is 2. The number of halogens is 1. The van der Waals surface area contributed by atoms with Crippen LogP contribution in [0.3, 0.4) is 0 Å². The van der Waals surface area contributed by atoms with Crippen molar-refractivity contribution >= 4 is 38.9 Å². The van der Waals surface area contributed by atoms with Crippen molar-refractivity contribution in [2.75, 3.05) is 22.4 Å². The molecule has 0 spiro atoms. The summed E-state index contributed by atoms with van der Waals surface area (Å²) < 4.78 is 25.7. The summed E-state index contributed by atoms with van der Waals surface area (Å²) in [4.78, 5) is 12.6. The van der Waals surface area contributed by atoms with Gasteiger partial charge in [-0.2, -0.15) is 0 Å². The van der Waals surface area contributed by atoms with Crippen LogP contribution >= 0.6 is 11.6 Å². The Morgan fingerprint density at radius 3 is 2.35 bits per heavy atom. The number of nitrogens with one attached hydrogen (secondary N) is 1. The summed E-state index contributed by atoms with van der Waals surface area (Å²) in [6.07, 6.45) is 1.09. The van der Waals surface area contributed by atoms with Gasteiger partial charge in [0, 0.05) is 0 Å². The minimum Gasteiger partial charge on any atom is -0.323 e. The van der Waals surface area contributed by atoms with Crippen molar-refractivity contribution in [2.24, 2.45) is 0 Å². The fourth-order valence-electron chi connectivity index (χ4n) is 2.77. The number of aryl methyl sites for hydroxylation is 3. The van der Waals surface area contributed by atoms with Crippen molar-refractivity contribution in [1.82, 2.24) is 0 Å². The highest BCUT2D eigenvalue weighted by Gasteiger charge is 2.23. The average molecular weight is 395 g/mol. The van der Waals surface area contributed by atoms with Crippen LogP contribution in [0.5, 0.6) is 0 Å². The van der Waals surface area contributed by atoms with E-state index >= 15 is 0 Å². The second kappa shape index (κ2) is 7.68. The predicted molar refractivity (Wildman–Crippen MR) is 108 cm³/mol. The van der Waals surface area contributed by atoms with Crippen molar-refractivity contribution in [2.45, 2.75) is 27.7 Å². The maximum Gasteiger partial charge on any atom is 0.245 e. The lowest BCUT2D eigenvalue weighted by molar-refractivity contribution is -0.114. The Hall–Kier alpha value is -2.05. The standard InChI is InChI=1S/C19H23ClN2O3S/c1-12-9-14(3)19(16(20)10-12)21-18(23)11-22(26(5,24)25)17-8-6-7-13(2)15(17)4/h6-10H,11H2,1-5H3,(H,21,23). The topological polar surface area (TPSA) is 66.5 Å². The molecule has 26 heavy (non-hydrogen) atoms. The molecular formula is C19H23ClN2O3S. The third-order valence-electron chi connectivity index (χ3n) is 4.23. The highest BCUT2D eigenvalue weighted by molar-refractivity contribution is 7.92. The van der Waals surface area contributed by atoms with E-state index in [1.807, 2.05) is 39.8 Å². The molecule has 0 aromatic heterocycles. The van der Waals surface area contributed by atoms with E-state index in [1.165, 1.54) is 0 Å². The molecule has 2 aromatic carbocycles. The first-order valence-electron chi connectivity index (χ1n) is 8.11. The van der Waals surface area contributed by atoms with Crippen molar-refractivity contribution in [1.29, 1.82) is 0 Å². The maximum atomic E-state index is 12.6. The molecule has 0 saturated carbocycles. The lowest BCUT2D eigenvalue weighted by Gasteiger charge is -2.24. The Balaban J connectivity index is 2.33. The number of carbonyl (C=O) groups is 1. The zero-order chi connectivity index (χ0) is 19.6. The van der Waals surface area contributed by atoms with E-state index in [4.69, 9.17) is 11.6 Å². The number of sulfonamides is 1. The highest BCUT2D eigenvalue weighted by Crippen LogP contribution is 2.28. The van der Waals surface area contributed by atoms with E-state index in [1.54, 1.807) is 18.2 Å². The van der Waals surface area contributed by atoms with Crippen LogP contribution in [0.2, 0.25) is 5.02 Å². The summed E-state index contributed by atoms with van der Waals surface area (Å²) in [7, 11) is -3.63. The van der Waals surface area contributed by atoms with E-state index in [9.17, 15) is 13.2 Å². The Morgan fingerprint density at radius 1 is 1.12 bits per heavy atom. The van der Waals surface area contributed by atoms with Gasteiger partial charge in [0.05, 0.1) is 22.7 Å². The maximum absolute atomic E-state index is 12.6. The van der Waals surface area contributed by atoms with Gasteiger partial charge in [0.25, 0.3) is 0 Å². The molecule has 2 rings (SSSR count). The van der Waals surface area contributed by atoms with Crippen LogP contribution in [0.4, 0.5) is 11.4 Å². The molecule has 7 heteroatoms. The highest BCUT2D eigenvalue weighted by atomic mass is 35.5. The van der Waals surface area contributed by atoms with Crippen LogP contribution in [0.1, 0.15) is 22.3 Å². The largest absolute Gasteiger partial charge is 0.323 e. The van der Waals surface area contributed by atoms with Gasteiger partial charge in [0.1, 0.15) is 6.54 Å². The van der Waals surface area contributed by atoms with Crippen molar-refractivity contribution < 1.29 is 13.2 Å². The van der Waals surface area contributed by atoms with Crippen LogP contribution in [0.25, 0.3) is 0 Å². The van der Waals surface area contributed by atoms with Gasteiger partial charge in [-0.1, -0.05) is 29.8 Å². The van der Waals surface area contributed by atoms with Crippen LogP contribution < -0.4 is 9.62 Å². The number of carbonyl (C=O) groups excluding carboxylic acids is 1. The third kappa shape index (κ3) is 4.56. The molecule has 0 saturated heterocycles. The van der Waals surface area contributed by atoms with Crippen LogP contribution in [-0.4, -0.2) is 27.1 Å². The van der Waals surface area contributed by atoms with Gasteiger partial charge >= 0.3 is 0 Å². The monoisotopic (exact) mass is 394 g/mol. The van der Waals surface area contributed by atoms with Gasteiger partial charge in [0.2, 0.25) is 15.9 Å². The van der Waals surface area contributed by atoms with E-state index in [-0.39, 0.29) is 6.54 Å². The van der Waals surface area contributed by atoms with Gasteiger partial charge in [-0.15, -0.1) is 0 Å². The molecule has 0 atom stereocenters. The van der Waals surface area contributed by atoms with E-state index in [2.05, 4.69) is 5.32 Å². The first-order chi connectivity index (χ1) is 12.0. The van der Waals surface area contributed by atoms with Gasteiger partial charge in [0.15, 0.2) is 0 Å². The summed E-state index contributed by atoms with van der Waals surface area (Å²) in [5, 5.41) is 3.16. The number of nitrogens with zero attached hydrogens (tertiary/aromatic N) is 1. The second-order valence-corrected chi connectivity index (χ2v) is 8.79. The SMILES string of the molecule is Cc1cc(C)c(NC(=O)CN(c2cccc(C)c2C)S(C)(=O)=O)c(Cl)c1. The third-order valence-corrected chi connectivity index (χ3v) is 5.65. The number of hydrogen-bond acceptors (Lipinski definition) is 3. The molecule has 0 unspecified atom stereocenters. The Labute approximate surface area is 160 Å². The molecule has 0 bridgehead atoms. The van der Waals surface area contributed by atoms with Crippen LogP contribution in [0.15, 0.2) is 30.3 Å². The molecule has 140 valence electrons. The van der Waals surface area contributed by atoms with Crippen LogP contribution in [0, 0.1) is 27.7 Å². The van der Waals surface area contributed by atoms with E-state index < -0.39 is 15.9 Å². The molecule has 1 N–H and O–H groups in total. The lowest BCUT2D eigenvalue weighted by atomic mass is 10.1. The minimum absolute atomic E-state index is 0.327. The summed E-state index contributed by atoms with van der Waals surface area (Å²) in [5.74, 6) is -0.454. The number of rotatable bonds is 5. The van der Waals surface area contributed by atoms with Crippen molar-refractivity contribution in [3.63, 3.8) is 0 Å². The predicted octanol–water partition coefficient (Wildman–Crippen LogP) is 3.98. The zero-order valence-corrected chi connectivity index (χ0v) is 17.1. The number of benzene rings is 2. The van der Waals surface area contributed by atoms with Crippen molar-refractivity contribution in [3.8, 4) is 0 Å². The quantitative estimate of drug-likeness (QED) is 0.834. The molecule has 0 aliphatic heterocycles. The normalized spacial score (nSPS) is 11.3. The molecule has 2 aromatic rings. The smallest absolute Gasteiger partial charge is 0.245 e. The molecule has 0 radical (unpaired) electrons. The summed E-state index contributed by atoms with van der Waals surface area (Å²) in [6.45, 7) is 7.16. The molecule has 0 fully saturated rings. The number of amides is 1. The van der Waals surface area contributed by atoms with Gasteiger partial charge in [-0.05, 0) is 62.1 Å². The number of hydrogen-bond donors (Lipinski definition) is 1. The average Bonchev–Trinajstić information content (AvgIpc) is 2.50. The summed E-state index contributed by atoms with van der Waals surface area (Å²) >= 11 is 6.22. The van der Waals surface area contributed by atoms with E-state index in [0.29, 0.717) is 16.4 Å². The second-order valence-electron chi connectivity index (χ2n) is 6.48. The van der Waals surface area contributed by atoms with E-state index in [0.717, 1.165) is 32.8 Å². The lowest BCUT2D eigenvalue weighted by Crippen LogP contribution is -2.38. The first-order valence-corrected chi connectivity index (χ1v) is 10.3. The summed E-state index contributed by atoms with van der Waals surface area (Å²) in [5.41, 5.74) is 4.56. The Bertz CT molecular complexity index is 932. The van der Waals surface area contributed by atoms with Gasteiger partial charge in [-0.3, -0.25) is 9.10 Å². The van der Waals surface area contributed by atoms with Crippen molar-refractivity contribution in [3.05, 3.63) is 57.6 Å². The van der Waals surface area contributed by atoms with Crippen LogP contribution in [-0.2, 0) is 14.8 Å².